The Morgan fingerprint density at radius 3 is 2.58 bits per heavy atom. The summed E-state index contributed by atoms with van der Waals surface area (Å²) >= 11 is 0. The molecule has 1 amide bonds. The number of likely N-dealkylation sites (tertiary alicyclic amines) is 1. The topological polar surface area (TPSA) is 81.9 Å². The van der Waals surface area contributed by atoms with Crippen LogP contribution in [-0.2, 0) is 0 Å². The van der Waals surface area contributed by atoms with Gasteiger partial charge in [-0.05, 0) is 50.3 Å². The van der Waals surface area contributed by atoms with Crippen LogP contribution in [0.2, 0.25) is 0 Å². The number of aromatic nitrogens is 2. The number of nitrogens with one attached hydrogen (secondary N) is 1. The fourth-order valence-electron chi connectivity index (χ4n) is 3.21. The minimum atomic E-state index is 0.101. The van der Waals surface area contributed by atoms with Gasteiger partial charge in [-0.1, -0.05) is 18.2 Å². The summed E-state index contributed by atoms with van der Waals surface area (Å²) < 4.78 is 0. The number of carbonyl (C=O) groups is 1. The summed E-state index contributed by atoms with van der Waals surface area (Å²) in [6, 6.07) is 11.6. The van der Waals surface area contributed by atoms with Gasteiger partial charge in [-0.25, -0.2) is 0 Å². The summed E-state index contributed by atoms with van der Waals surface area (Å²) in [5.74, 6) is 1.10. The summed E-state index contributed by atoms with van der Waals surface area (Å²) in [6.45, 7) is 5.99. The van der Waals surface area contributed by atoms with Crippen molar-refractivity contribution in [1.29, 1.82) is 5.26 Å². The van der Waals surface area contributed by atoms with Crippen LogP contribution >= 0.6 is 0 Å². The molecule has 2 aromatic rings. The van der Waals surface area contributed by atoms with Gasteiger partial charge in [0.2, 0.25) is 0 Å². The monoisotopic (exact) mass is 349 g/mol. The highest BCUT2D eigenvalue weighted by molar-refractivity contribution is 5.94. The van der Waals surface area contributed by atoms with Gasteiger partial charge in [-0.15, -0.1) is 5.10 Å². The van der Waals surface area contributed by atoms with Crippen LogP contribution in [-0.4, -0.2) is 40.6 Å². The molecule has 1 N–H and O–H groups in total. The first-order valence-electron chi connectivity index (χ1n) is 8.92. The number of hydrogen-bond acceptors (Lipinski definition) is 5. The zero-order valence-electron chi connectivity index (χ0n) is 15.2. The number of amides is 1. The second-order valence-corrected chi connectivity index (χ2v) is 6.73. The average Bonchev–Trinajstić information content (AvgIpc) is 2.69. The predicted molar refractivity (Wildman–Crippen MR) is 99.8 cm³/mol. The highest BCUT2D eigenvalue weighted by Gasteiger charge is 2.24. The van der Waals surface area contributed by atoms with E-state index in [0.29, 0.717) is 17.3 Å². The van der Waals surface area contributed by atoms with Gasteiger partial charge in [-0.3, -0.25) is 4.79 Å². The lowest BCUT2D eigenvalue weighted by Gasteiger charge is -2.32. The van der Waals surface area contributed by atoms with Crippen LogP contribution in [0.15, 0.2) is 30.3 Å². The SMILES string of the molecule is Cc1nnc(NCC2CCN(C(=O)c3ccccc3)CC2)c(C#N)c1C. The van der Waals surface area contributed by atoms with Crippen LogP contribution < -0.4 is 5.32 Å². The summed E-state index contributed by atoms with van der Waals surface area (Å²) in [7, 11) is 0. The quantitative estimate of drug-likeness (QED) is 0.918. The summed E-state index contributed by atoms with van der Waals surface area (Å²) in [5, 5.41) is 20.9. The van der Waals surface area contributed by atoms with Crippen molar-refractivity contribution in [2.75, 3.05) is 25.0 Å². The molecule has 1 aliphatic heterocycles. The van der Waals surface area contributed by atoms with Crippen LogP contribution in [0.3, 0.4) is 0 Å². The van der Waals surface area contributed by atoms with Gasteiger partial charge in [0.15, 0.2) is 5.82 Å². The largest absolute Gasteiger partial charge is 0.367 e. The minimum Gasteiger partial charge on any atom is -0.367 e. The Kier molecular flexibility index (Phi) is 5.47. The van der Waals surface area contributed by atoms with Crippen molar-refractivity contribution < 1.29 is 4.79 Å². The zero-order valence-corrected chi connectivity index (χ0v) is 15.2. The van der Waals surface area contributed by atoms with Gasteiger partial charge in [0.25, 0.3) is 5.91 Å². The maximum atomic E-state index is 12.5. The van der Waals surface area contributed by atoms with Crippen LogP contribution in [0, 0.1) is 31.1 Å². The van der Waals surface area contributed by atoms with Gasteiger partial charge in [0.1, 0.15) is 11.6 Å². The number of rotatable bonds is 4. The highest BCUT2D eigenvalue weighted by atomic mass is 16.2. The maximum Gasteiger partial charge on any atom is 0.253 e. The number of aryl methyl sites for hydroxylation is 1. The fourth-order valence-corrected chi connectivity index (χ4v) is 3.21. The Bertz CT molecular complexity index is 820. The number of hydrogen-bond donors (Lipinski definition) is 1. The first kappa shape index (κ1) is 17.9. The third-order valence-electron chi connectivity index (χ3n) is 5.05. The predicted octanol–water partition coefficient (Wildman–Crippen LogP) is 2.93. The summed E-state index contributed by atoms with van der Waals surface area (Å²) in [6.07, 6.45) is 1.87. The van der Waals surface area contributed by atoms with Crippen LogP contribution in [0.5, 0.6) is 0 Å². The number of nitriles is 1. The number of anilines is 1. The molecule has 1 aliphatic rings. The average molecular weight is 349 g/mol. The molecule has 2 heterocycles. The van der Waals surface area contributed by atoms with Crippen molar-refractivity contribution >= 4 is 11.7 Å². The minimum absolute atomic E-state index is 0.101. The highest BCUT2D eigenvalue weighted by Crippen LogP contribution is 2.22. The van der Waals surface area contributed by atoms with Gasteiger partial charge in [0.05, 0.1) is 5.69 Å². The molecule has 0 radical (unpaired) electrons. The Morgan fingerprint density at radius 1 is 1.23 bits per heavy atom. The van der Waals surface area contributed by atoms with Crippen molar-refractivity contribution in [2.45, 2.75) is 26.7 Å². The third kappa shape index (κ3) is 3.83. The Labute approximate surface area is 153 Å². The summed E-state index contributed by atoms with van der Waals surface area (Å²) in [5.41, 5.74) is 2.95. The lowest BCUT2D eigenvalue weighted by atomic mass is 9.96. The lowest BCUT2D eigenvalue weighted by Crippen LogP contribution is -2.40. The standard InChI is InChI=1S/C20H23N5O/c1-14-15(2)23-24-19(18(14)12-21)22-13-16-8-10-25(11-9-16)20(26)17-6-4-3-5-7-17/h3-7,16H,8-11,13H2,1-2H3,(H,22,24). The molecule has 26 heavy (non-hydrogen) atoms. The van der Waals surface area contributed by atoms with E-state index >= 15 is 0 Å². The fraction of sp³-hybridized carbons (Fsp3) is 0.400. The Balaban J connectivity index is 1.55. The molecule has 1 aromatic carbocycles. The van der Waals surface area contributed by atoms with Crippen LogP contribution in [0.1, 0.15) is 40.0 Å². The van der Waals surface area contributed by atoms with Gasteiger partial charge >= 0.3 is 0 Å². The molecule has 1 saturated heterocycles. The molecule has 6 heteroatoms. The van der Waals surface area contributed by atoms with Crippen molar-refractivity contribution in [3.63, 3.8) is 0 Å². The second-order valence-electron chi connectivity index (χ2n) is 6.73. The van der Waals surface area contributed by atoms with E-state index in [-0.39, 0.29) is 5.91 Å². The van der Waals surface area contributed by atoms with E-state index in [0.717, 1.165) is 49.3 Å². The molecule has 134 valence electrons. The molecule has 1 fully saturated rings. The van der Waals surface area contributed by atoms with E-state index in [1.54, 1.807) is 0 Å². The molecule has 0 saturated carbocycles. The van der Waals surface area contributed by atoms with E-state index in [4.69, 9.17) is 0 Å². The zero-order chi connectivity index (χ0) is 18.5. The third-order valence-corrected chi connectivity index (χ3v) is 5.05. The van der Waals surface area contributed by atoms with E-state index in [2.05, 4.69) is 21.6 Å². The number of piperidine rings is 1. The smallest absolute Gasteiger partial charge is 0.253 e. The van der Waals surface area contributed by atoms with Gasteiger partial charge in [-0.2, -0.15) is 10.4 Å². The molecule has 0 spiro atoms. The van der Waals surface area contributed by atoms with Crippen molar-refractivity contribution in [3.8, 4) is 6.07 Å². The molecule has 1 aromatic heterocycles. The van der Waals surface area contributed by atoms with Gasteiger partial charge < -0.3 is 10.2 Å². The number of carbonyl (C=O) groups excluding carboxylic acids is 1. The molecule has 0 bridgehead atoms. The first-order valence-corrected chi connectivity index (χ1v) is 8.92. The van der Waals surface area contributed by atoms with Crippen molar-refractivity contribution in [1.82, 2.24) is 15.1 Å². The van der Waals surface area contributed by atoms with Crippen LogP contribution in [0.4, 0.5) is 5.82 Å². The van der Waals surface area contributed by atoms with E-state index in [9.17, 15) is 10.1 Å². The normalized spacial score (nSPS) is 14.7. The number of benzene rings is 1. The van der Waals surface area contributed by atoms with Gasteiger partial charge in [0, 0.05) is 25.2 Å². The van der Waals surface area contributed by atoms with E-state index in [1.165, 1.54) is 0 Å². The van der Waals surface area contributed by atoms with Crippen molar-refractivity contribution in [3.05, 3.63) is 52.7 Å². The van der Waals surface area contributed by atoms with Crippen LogP contribution in [0.25, 0.3) is 0 Å². The molecular weight excluding hydrogens is 326 g/mol. The molecule has 0 atom stereocenters. The molecule has 3 rings (SSSR count). The van der Waals surface area contributed by atoms with E-state index < -0.39 is 0 Å². The van der Waals surface area contributed by atoms with Crippen molar-refractivity contribution in [2.24, 2.45) is 5.92 Å². The molecule has 0 aliphatic carbocycles. The molecule has 6 nitrogen and oxygen atoms in total. The maximum absolute atomic E-state index is 12.5. The Morgan fingerprint density at radius 2 is 1.92 bits per heavy atom. The summed E-state index contributed by atoms with van der Waals surface area (Å²) in [4.78, 5) is 14.4. The first-order chi connectivity index (χ1) is 12.6. The second kappa shape index (κ2) is 7.96. The number of nitrogens with zero attached hydrogens (tertiary/aromatic N) is 4. The van der Waals surface area contributed by atoms with E-state index in [1.807, 2.05) is 49.1 Å². The molecule has 0 unspecified atom stereocenters. The lowest BCUT2D eigenvalue weighted by molar-refractivity contribution is 0.0695. The molecular formula is C20H23N5O. The Hall–Kier alpha value is -2.94.